The zero-order valence-corrected chi connectivity index (χ0v) is 12.6. The van der Waals surface area contributed by atoms with E-state index in [9.17, 15) is 4.79 Å². The summed E-state index contributed by atoms with van der Waals surface area (Å²) in [6.07, 6.45) is 1.49. The lowest BCUT2D eigenvalue weighted by atomic mass is 10.3. The molecule has 1 amide bonds. The van der Waals surface area contributed by atoms with Gasteiger partial charge in [0.05, 0.1) is 5.69 Å². The molecular weight excluding hydrogens is 386 g/mol. The molecule has 0 radical (unpaired) electrons. The van der Waals surface area contributed by atoms with Crippen molar-refractivity contribution < 1.29 is 4.79 Å². The fraction of sp³-hybridized carbons (Fsp3) is 0. The molecule has 1 N–H and O–H groups in total. The van der Waals surface area contributed by atoms with E-state index in [1.54, 1.807) is 24.3 Å². The number of nitrogens with zero attached hydrogens (tertiary/aromatic N) is 1. The van der Waals surface area contributed by atoms with Crippen molar-refractivity contribution in [3.8, 4) is 0 Å². The summed E-state index contributed by atoms with van der Waals surface area (Å²) in [5, 5.41) is 3.85. The summed E-state index contributed by atoms with van der Waals surface area (Å²) in [7, 11) is 0. The highest BCUT2D eigenvalue weighted by Crippen LogP contribution is 2.22. The Morgan fingerprint density at radius 1 is 1.17 bits per heavy atom. The van der Waals surface area contributed by atoms with Gasteiger partial charge in [0.25, 0.3) is 5.91 Å². The molecular formula is C12H7Cl2IN2O. The standard InChI is InChI=1S/C12H7Cl2IN2O/c13-7-1-2-10(9(15)5-7)17-12(18)11-6-8(14)3-4-16-11/h1-6H,(H,17,18). The van der Waals surface area contributed by atoms with Crippen LogP contribution in [0.25, 0.3) is 0 Å². The van der Waals surface area contributed by atoms with Crippen molar-refractivity contribution in [1.82, 2.24) is 4.98 Å². The number of benzene rings is 1. The fourth-order valence-corrected chi connectivity index (χ4v) is 2.47. The lowest BCUT2D eigenvalue weighted by molar-refractivity contribution is 0.102. The van der Waals surface area contributed by atoms with Crippen LogP contribution >= 0.6 is 45.8 Å². The second-order valence-electron chi connectivity index (χ2n) is 3.44. The molecule has 0 aliphatic rings. The van der Waals surface area contributed by atoms with Crippen molar-refractivity contribution in [2.24, 2.45) is 0 Å². The van der Waals surface area contributed by atoms with Gasteiger partial charge in [-0.1, -0.05) is 23.2 Å². The minimum atomic E-state index is -0.308. The first-order valence-corrected chi connectivity index (χ1v) is 6.77. The van der Waals surface area contributed by atoms with Gasteiger partial charge in [0, 0.05) is 19.8 Å². The smallest absolute Gasteiger partial charge is 0.274 e. The predicted octanol–water partition coefficient (Wildman–Crippen LogP) is 4.25. The molecule has 92 valence electrons. The Balaban J connectivity index is 2.21. The molecule has 2 rings (SSSR count). The van der Waals surface area contributed by atoms with E-state index in [0.717, 1.165) is 3.57 Å². The van der Waals surface area contributed by atoms with Gasteiger partial charge in [-0.3, -0.25) is 9.78 Å². The topological polar surface area (TPSA) is 42.0 Å². The van der Waals surface area contributed by atoms with Gasteiger partial charge in [-0.05, 0) is 52.9 Å². The minimum absolute atomic E-state index is 0.272. The number of aromatic nitrogens is 1. The SMILES string of the molecule is O=C(Nc1ccc(Cl)cc1I)c1cc(Cl)ccn1. The monoisotopic (exact) mass is 392 g/mol. The molecule has 0 bridgehead atoms. The molecule has 1 aromatic heterocycles. The number of halogens is 3. The molecule has 18 heavy (non-hydrogen) atoms. The Morgan fingerprint density at radius 2 is 1.89 bits per heavy atom. The zero-order valence-electron chi connectivity index (χ0n) is 8.95. The Labute approximate surface area is 128 Å². The van der Waals surface area contributed by atoms with Crippen LogP contribution in [0.1, 0.15) is 10.5 Å². The van der Waals surface area contributed by atoms with Crippen LogP contribution in [0.4, 0.5) is 5.69 Å². The second-order valence-corrected chi connectivity index (χ2v) is 5.47. The largest absolute Gasteiger partial charge is 0.320 e. The number of amides is 1. The molecule has 0 atom stereocenters. The van der Waals surface area contributed by atoms with E-state index in [4.69, 9.17) is 23.2 Å². The van der Waals surface area contributed by atoms with Gasteiger partial charge < -0.3 is 5.32 Å². The predicted molar refractivity (Wildman–Crippen MR) is 81.4 cm³/mol. The highest BCUT2D eigenvalue weighted by atomic mass is 127. The molecule has 0 saturated heterocycles. The maximum atomic E-state index is 11.9. The molecule has 1 aromatic carbocycles. The van der Waals surface area contributed by atoms with Gasteiger partial charge in [-0.15, -0.1) is 0 Å². The Morgan fingerprint density at radius 3 is 2.56 bits per heavy atom. The molecule has 0 saturated carbocycles. The Bertz CT molecular complexity index is 604. The van der Waals surface area contributed by atoms with Gasteiger partial charge in [-0.2, -0.15) is 0 Å². The third-order valence-electron chi connectivity index (χ3n) is 2.13. The van der Waals surface area contributed by atoms with Crippen molar-refractivity contribution in [2.75, 3.05) is 5.32 Å². The Kier molecular flexibility index (Phi) is 4.42. The zero-order chi connectivity index (χ0) is 13.1. The molecule has 0 unspecified atom stereocenters. The van der Waals surface area contributed by atoms with E-state index in [-0.39, 0.29) is 11.6 Å². The number of pyridine rings is 1. The first-order valence-electron chi connectivity index (χ1n) is 4.94. The number of nitrogens with one attached hydrogen (secondary N) is 1. The number of rotatable bonds is 2. The highest BCUT2D eigenvalue weighted by Gasteiger charge is 2.10. The average molecular weight is 393 g/mol. The number of anilines is 1. The van der Waals surface area contributed by atoms with Gasteiger partial charge in [0.15, 0.2) is 0 Å². The highest BCUT2D eigenvalue weighted by molar-refractivity contribution is 14.1. The number of hydrogen-bond acceptors (Lipinski definition) is 2. The van der Waals surface area contributed by atoms with E-state index in [1.165, 1.54) is 12.3 Å². The van der Waals surface area contributed by atoms with E-state index in [2.05, 4.69) is 32.9 Å². The molecule has 0 aliphatic heterocycles. The molecule has 2 aromatic rings. The van der Waals surface area contributed by atoms with E-state index < -0.39 is 0 Å². The molecule has 0 aliphatic carbocycles. The molecule has 0 fully saturated rings. The summed E-state index contributed by atoms with van der Waals surface area (Å²) in [6.45, 7) is 0. The van der Waals surface area contributed by atoms with Crippen molar-refractivity contribution in [1.29, 1.82) is 0 Å². The molecule has 6 heteroatoms. The first kappa shape index (κ1) is 13.6. The summed E-state index contributed by atoms with van der Waals surface area (Å²) in [5.41, 5.74) is 0.958. The van der Waals surface area contributed by atoms with Crippen LogP contribution in [0.3, 0.4) is 0 Å². The van der Waals surface area contributed by atoms with Gasteiger partial charge in [0.2, 0.25) is 0 Å². The van der Waals surface area contributed by atoms with Crippen molar-refractivity contribution in [3.05, 3.63) is 55.8 Å². The van der Waals surface area contributed by atoms with Crippen LogP contribution < -0.4 is 5.32 Å². The van der Waals surface area contributed by atoms with E-state index >= 15 is 0 Å². The molecule has 3 nitrogen and oxygen atoms in total. The summed E-state index contributed by atoms with van der Waals surface area (Å²) in [5.74, 6) is -0.308. The van der Waals surface area contributed by atoms with Crippen molar-refractivity contribution >= 4 is 57.4 Å². The molecule has 1 heterocycles. The minimum Gasteiger partial charge on any atom is -0.320 e. The lowest BCUT2D eigenvalue weighted by Crippen LogP contribution is -2.14. The van der Waals surface area contributed by atoms with E-state index in [1.807, 2.05) is 0 Å². The van der Waals surface area contributed by atoms with Crippen LogP contribution in [0.5, 0.6) is 0 Å². The van der Waals surface area contributed by atoms with Crippen molar-refractivity contribution in [2.45, 2.75) is 0 Å². The summed E-state index contributed by atoms with van der Waals surface area (Å²) >= 11 is 13.7. The maximum Gasteiger partial charge on any atom is 0.274 e. The normalized spacial score (nSPS) is 10.2. The van der Waals surface area contributed by atoms with Crippen LogP contribution in [0, 0.1) is 3.57 Å². The summed E-state index contributed by atoms with van der Waals surface area (Å²) < 4.78 is 0.857. The lowest BCUT2D eigenvalue weighted by Gasteiger charge is -2.07. The third kappa shape index (κ3) is 3.34. The van der Waals surface area contributed by atoms with Crippen LogP contribution in [-0.2, 0) is 0 Å². The van der Waals surface area contributed by atoms with Crippen LogP contribution in [0.15, 0.2) is 36.5 Å². The van der Waals surface area contributed by atoms with Crippen LogP contribution in [-0.4, -0.2) is 10.9 Å². The first-order chi connectivity index (χ1) is 8.56. The summed E-state index contributed by atoms with van der Waals surface area (Å²) in [6, 6.07) is 8.35. The Hall–Kier alpha value is -0.850. The van der Waals surface area contributed by atoms with Gasteiger partial charge in [-0.25, -0.2) is 0 Å². The van der Waals surface area contributed by atoms with Gasteiger partial charge >= 0.3 is 0 Å². The summed E-state index contributed by atoms with van der Waals surface area (Å²) in [4.78, 5) is 15.9. The van der Waals surface area contributed by atoms with E-state index in [0.29, 0.717) is 15.7 Å². The third-order valence-corrected chi connectivity index (χ3v) is 3.50. The van der Waals surface area contributed by atoms with Crippen LogP contribution in [0.2, 0.25) is 10.0 Å². The van der Waals surface area contributed by atoms with Gasteiger partial charge in [0.1, 0.15) is 5.69 Å². The fourth-order valence-electron chi connectivity index (χ4n) is 1.31. The number of carbonyl (C=O) groups excluding carboxylic acids is 1. The quantitative estimate of drug-likeness (QED) is 0.776. The number of hydrogen-bond donors (Lipinski definition) is 1. The molecule has 0 spiro atoms. The maximum absolute atomic E-state index is 11.9. The average Bonchev–Trinajstić information content (AvgIpc) is 2.32. The van der Waals surface area contributed by atoms with Crippen molar-refractivity contribution in [3.63, 3.8) is 0 Å². The second kappa shape index (κ2) is 5.86. The number of carbonyl (C=O) groups is 1.